The maximum Gasteiger partial charge on any atom is 0.157 e. The topological polar surface area (TPSA) is 61.5 Å². The minimum absolute atomic E-state index is 0.584. The van der Waals surface area contributed by atoms with Crippen LogP contribution in [0.5, 0.6) is 5.75 Å². The Balaban J connectivity index is 1.73. The van der Waals surface area contributed by atoms with Crippen LogP contribution in [-0.2, 0) is 11.0 Å². The number of aromatic nitrogens is 1. The van der Waals surface area contributed by atoms with Crippen molar-refractivity contribution in [2.75, 3.05) is 45.2 Å². The number of benzene rings is 2. The lowest BCUT2D eigenvalue weighted by molar-refractivity contribution is 0.311. The molecule has 0 amide bonds. The van der Waals surface area contributed by atoms with Gasteiger partial charge in [0, 0.05) is 37.8 Å². The van der Waals surface area contributed by atoms with Gasteiger partial charge in [-0.3, -0.25) is 3.97 Å². The average Bonchev–Trinajstić information content (AvgIpc) is 3.17. The zero-order chi connectivity index (χ0) is 19.7. The van der Waals surface area contributed by atoms with E-state index in [-0.39, 0.29) is 0 Å². The molecule has 0 radical (unpaired) electrons. The minimum Gasteiger partial charge on any atom is -0.495 e. The number of ether oxygens (including phenoxy) is 1. The quantitative estimate of drug-likeness (QED) is 0.681. The lowest BCUT2D eigenvalue weighted by Crippen LogP contribution is -2.44. The molecule has 0 N–H and O–H groups in total. The second kappa shape index (κ2) is 7.66. The lowest BCUT2D eigenvalue weighted by atomic mass is 10.1. The van der Waals surface area contributed by atoms with Gasteiger partial charge in [0.15, 0.2) is 11.0 Å². The van der Waals surface area contributed by atoms with Gasteiger partial charge in [-0.05, 0) is 43.4 Å². The third-order valence-corrected chi connectivity index (χ3v) is 6.53. The van der Waals surface area contributed by atoms with E-state index in [1.54, 1.807) is 23.3 Å². The molecule has 0 bridgehead atoms. The molecule has 0 aliphatic carbocycles. The van der Waals surface area contributed by atoms with E-state index >= 15 is 0 Å². The minimum atomic E-state index is -1.42. The molecule has 1 aliphatic heterocycles. The first-order valence-electron chi connectivity index (χ1n) is 9.16. The fourth-order valence-electron chi connectivity index (χ4n) is 3.57. The number of hydrogen-bond acceptors (Lipinski definition) is 5. The Hall–Kier alpha value is -2.82. The summed E-state index contributed by atoms with van der Waals surface area (Å²) in [5.41, 5.74) is 2.34. The van der Waals surface area contributed by atoms with Crippen LogP contribution in [0.4, 0.5) is 5.69 Å². The Morgan fingerprint density at radius 2 is 1.89 bits per heavy atom. The molecule has 6 nitrogen and oxygen atoms in total. The summed E-state index contributed by atoms with van der Waals surface area (Å²) in [4.78, 5) is 5.28. The predicted molar refractivity (Wildman–Crippen MR) is 111 cm³/mol. The Morgan fingerprint density at radius 1 is 1.11 bits per heavy atom. The summed E-state index contributed by atoms with van der Waals surface area (Å²) in [7, 11) is 2.36. The zero-order valence-corrected chi connectivity index (χ0v) is 16.8. The first-order chi connectivity index (χ1) is 13.6. The van der Waals surface area contributed by atoms with Crippen molar-refractivity contribution >= 4 is 27.6 Å². The first-order valence-corrected chi connectivity index (χ1v) is 10.3. The third-order valence-electron chi connectivity index (χ3n) is 5.19. The van der Waals surface area contributed by atoms with E-state index in [2.05, 4.69) is 22.9 Å². The first kappa shape index (κ1) is 18.5. The van der Waals surface area contributed by atoms with Gasteiger partial charge in [-0.15, -0.1) is 0 Å². The molecule has 2 heterocycles. The van der Waals surface area contributed by atoms with Gasteiger partial charge >= 0.3 is 0 Å². The number of nitriles is 1. The Labute approximate surface area is 167 Å². The molecule has 1 aromatic heterocycles. The van der Waals surface area contributed by atoms with Crippen molar-refractivity contribution in [3.8, 4) is 11.8 Å². The van der Waals surface area contributed by atoms with Crippen molar-refractivity contribution < 1.29 is 8.95 Å². The van der Waals surface area contributed by atoms with Crippen LogP contribution >= 0.6 is 0 Å². The molecule has 1 unspecified atom stereocenters. The van der Waals surface area contributed by atoms with Crippen LogP contribution in [0.3, 0.4) is 0 Å². The van der Waals surface area contributed by atoms with E-state index in [9.17, 15) is 9.47 Å². The summed E-state index contributed by atoms with van der Waals surface area (Å²) in [6, 6.07) is 15.2. The number of hydrogen-bond donors (Lipinski definition) is 0. The largest absolute Gasteiger partial charge is 0.495 e. The molecule has 144 valence electrons. The van der Waals surface area contributed by atoms with Gasteiger partial charge in [0.1, 0.15) is 5.75 Å². The van der Waals surface area contributed by atoms with Gasteiger partial charge in [0.25, 0.3) is 0 Å². The van der Waals surface area contributed by atoms with Crippen LogP contribution in [0.2, 0.25) is 0 Å². The zero-order valence-electron chi connectivity index (χ0n) is 16.0. The van der Waals surface area contributed by atoms with Crippen LogP contribution in [0.1, 0.15) is 5.56 Å². The number of rotatable bonds is 4. The standard InChI is InChI=1S/C21H22N4O2S/c1-23-10-12-24(13-11-23)20-14-17(6-7-21(20)27-2)28(26)25-9-8-18-16(15-22)4-3-5-19(18)25/h3-9,14H,10-13H2,1-2H3. The second-order valence-electron chi connectivity index (χ2n) is 6.86. The Morgan fingerprint density at radius 3 is 2.61 bits per heavy atom. The number of likely N-dealkylation sites (N-methyl/N-ethyl adjacent to an activating group) is 1. The highest BCUT2D eigenvalue weighted by molar-refractivity contribution is 7.83. The highest BCUT2D eigenvalue weighted by Crippen LogP contribution is 2.32. The molecule has 1 fully saturated rings. The molecule has 1 saturated heterocycles. The van der Waals surface area contributed by atoms with Gasteiger partial charge in [-0.1, -0.05) is 6.07 Å². The van der Waals surface area contributed by atoms with E-state index in [1.807, 2.05) is 36.4 Å². The van der Waals surface area contributed by atoms with E-state index in [0.717, 1.165) is 48.5 Å². The van der Waals surface area contributed by atoms with Crippen LogP contribution in [0, 0.1) is 11.3 Å². The normalized spacial score (nSPS) is 16.1. The second-order valence-corrected chi connectivity index (χ2v) is 8.23. The molecule has 2 aromatic carbocycles. The summed E-state index contributed by atoms with van der Waals surface area (Å²) in [5, 5.41) is 10.1. The fourth-order valence-corrected chi connectivity index (χ4v) is 4.70. The monoisotopic (exact) mass is 394 g/mol. The van der Waals surface area contributed by atoms with Gasteiger partial charge in [0.05, 0.1) is 34.8 Å². The van der Waals surface area contributed by atoms with Gasteiger partial charge in [0.2, 0.25) is 0 Å². The Kier molecular flexibility index (Phi) is 5.07. The number of piperazine rings is 1. The summed E-state index contributed by atoms with van der Waals surface area (Å²) in [6.45, 7) is 3.77. The van der Waals surface area contributed by atoms with Gasteiger partial charge in [-0.2, -0.15) is 5.26 Å². The molecule has 0 saturated carbocycles. The van der Waals surface area contributed by atoms with Crippen molar-refractivity contribution in [2.24, 2.45) is 0 Å². The number of fused-ring (bicyclic) bond motifs is 1. The molecule has 1 atom stereocenters. The molecule has 7 heteroatoms. The molecular formula is C21H22N4O2S. The van der Waals surface area contributed by atoms with Crippen molar-refractivity contribution in [3.05, 3.63) is 54.2 Å². The summed E-state index contributed by atoms with van der Waals surface area (Å²) >= 11 is 0. The van der Waals surface area contributed by atoms with E-state index in [1.165, 1.54) is 0 Å². The SMILES string of the molecule is COc1ccc(S(=O)n2ccc3c(C#N)cccc32)cc1N1CCN(C)CC1. The van der Waals surface area contributed by atoms with Crippen LogP contribution < -0.4 is 9.64 Å². The van der Waals surface area contributed by atoms with E-state index in [4.69, 9.17) is 4.74 Å². The molecule has 28 heavy (non-hydrogen) atoms. The van der Waals surface area contributed by atoms with Crippen molar-refractivity contribution in [1.82, 2.24) is 8.87 Å². The predicted octanol–water partition coefficient (Wildman–Crippen LogP) is 2.84. The highest BCUT2D eigenvalue weighted by atomic mass is 32.2. The van der Waals surface area contributed by atoms with E-state index in [0.29, 0.717) is 10.5 Å². The lowest BCUT2D eigenvalue weighted by Gasteiger charge is -2.34. The van der Waals surface area contributed by atoms with Crippen LogP contribution in [-0.4, -0.2) is 53.4 Å². The molecular weight excluding hydrogens is 372 g/mol. The molecule has 3 aromatic rings. The molecule has 0 spiro atoms. The summed E-state index contributed by atoms with van der Waals surface area (Å²) < 4.78 is 20.6. The highest BCUT2D eigenvalue weighted by Gasteiger charge is 2.20. The summed E-state index contributed by atoms with van der Waals surface area (Å²) in [5.74, 6) is 0.787. The smallest absolute Gasteiger partial charge is 0.157 e. The van der Waals surface area contributed by atoms with Gasteiger partial charge in [-0.25, -0.2) is 4.21 Å². The van der Waals surface area contributed by atoms with Gasteiger partial charge < -0.3 is 14.5 Å². The average molecular weight is 395 g/mol. The summed E-state index contributed by atoms with van der Waals surface area (Å²) in [6.07, 6.45) is 1.78. The third kappa shape index (κ3) is 3.26. The van der Waals surface area contributed by atoms with Crippen molar-refractivity contribution in [3.63, 3.8) is 0 Å². The van der Waals surface area contributed by atoms with Crippen LogP contribution in [0.25, 0.3) is 10.9 Å². The maximum atomic E-state index is 13.3. The van der Waals surface area contributed by atoms with Crippen molar-refractivity contribution in [1.29, 1.82) is 5.26 Å². The number of anilines is 1. The maximum absolute atomic E-state index is 13.3. The molecule has 1 aliphatic rings. The fraction of sp³-hybridized carbons (Fsp3) is 0.286. The molecule has 4 rings (SSSR count). The number of nitrogens with zero attached hydrogens (tertiary/aromatic N) is 4. The Bertz CT molecular complexity index is 1080. The van der Waals surface area contributed by atoms with Crippen molar-refractivity contribution in [2.45, 2.75) is 4.90 Å². The number of methoxy groups -OCH3 is 1. The van der Waals surface area contributed by atoms with E-state index < -0.39 is 11.0 Å². The van der Waals surface area contributed by atoms with Crippen LogP contribution in [0.15, 0.2) is 53.6 Å².